The van der Waals surface area contributed by atoms with Crippen LogP contribution in [0.1, 0.15) is 38.1 Å². The minimum Gasteiger partial charge on any atom is -0.493 e. The quantitative estimate of drug-likeness (QED) is 0.745. The molecule has 1 aliphatic heterocycles. The summed E-state index contributed by atoms with van der Waals surface area (Å²) < 4.78 is 15.7. The monoisotopic (exact) mass is 404 g/mol. The van der Waals surface area contributed by atoms with Gasteiger partial charge in [0.25, 0.3) is 5.91 Å². The Morgan fingerprint density at radius 2 is 1.96 bits per heavy atom. The third-order valence-corrected chi connectivity index (χ3v) is 5.73. The van der Waals surface area contributed by atoms with Crippen LogP contribution in [0.25, 0.3) is 0 Å². The van der Waals surface area contributed by atoms with Crippen LogP contribution in [-0.2, 0) is 17.7 Å². The number of thiophene rings is 1. The molecule has 0 radical (unpaired) electrons. The van der Waals surface area contributed by atoms with Crippen molar-refractivity contribution in [2.24, 2.45) is 0 Å². The molecule has 7 nitrogen and oxygen atoms in total. The molecular weight excluding hydrogens is 380 g/mol. The number of hydrogen-bond donors (Lipinski definition) is 1. The van der Waals surface area contributed by atoms with Crippen LogP contribution < -0.4 is 14.8 Å². The second kappa shape index (κ2) is 8.62. The van der Waals surface area contributed by atoms with E-state index in [2.05, 4.69) is 10.2 Å². The molecule has 28 heavy (non-hydrogen) atoms. The van der Waals surface area contributed by atoms with Gasteiger partial charge in [-0.1, -0.05) is 0 Å². The number of nitrogens with one attached hydrogen (secondary N) is 1. The summed E-state index contributed by atoms with van der Waals surface area (Å²) in [6.07, 6.45) is 0.753. The summed E-state index contributed by atoms with van der Waals surface area (Å²) in [6.45, 7) is 3.66. The maximum absolute atomic E-state index is 12.8. The molecule has 0 bridgehead atoms. The van der Waals surface area contributed by atoms with Crippen molar-refractivity contribution in [3.8, 4) is 11.5 Å². The first-order valence-electron chi connectivity index (χ1n) is 9.02. The normalized spacial score (nSPS) is 13.6. The van der Waals surface area contributed by atoms with Crippen LogP contribution in [0.3, 0.4) is 0 Å². The predicted octanol–water partition coefficient (Wildman–Crippen LogP) is 3.18. The van der Waals surface area contributed by atoms with Gasteiger partial charge in [0.2, 0.25) is 0 Å². The van der Waals surface area contributed by atoms with Crippen molar-refractivity contribution in [3.63, 3.8) is 0 Å². The molecule has 0 aliphatic carbocycles. The lowest BCUT2D eigenvalue weighted by Crippen LogP contribution is -2.26. The Labute approximate surface area is 168 Å². The highest BCUT2D eigenvalue weighted by Gasteiger charge is 2.28. The molecule has 3 rings (SSSR count). The number of likely N-dealkylation sites (N-methyl/N-ethyl adjacent to an activating group) is 1. The summed E-state index contributed by atoms with van der Waals surface area (Å²) in [5.41, 5.74) is 1.86. The van der Waals surface area contributed by atoms with Gasteiger partial charge < -0.3 is 24.4 Å². The molecule has 0 atom stereocenters. The average molecular weight is 404 g/mol. The Morgan fingerprint density at radius 1 is 1.21 bits per heavy atom. The summed E-state index contributed by atoms with van der Waals surface area (Å²) in [7, 11) is 5.09. The lowest BCUT2D eigenvalue weighted by Gasteiger charge is -2.22. The fourth-order valence-electron chi connectivity index (χ4n) is 3.19. The Hall–Kier alpha value is -2.58. The smallest absolute Gasteiger partial charge is 0.341 e. The van der Waals surface area contributed by atoms with E-state index in [1.165, 1.54) is 25.6 Å². The van der Waals surface area contributed by atoms with Crippen LogP contribution in [0.2, 0.25) is 0 Å². The van der Waals surface area contributed by atoms with Crippen molar-refractivity contribution >= 4 is 28.2 Å². The summed E-state index contributed by atoms with van der Waals surface area (Å²) in [6, 6.07) is 4.94. The molecule has 2 aromatic rings. The largest absolute Gasteiger partial charge is 0.493 e. The molecular formula is C20H24N2O5S. The highest BCUT2D eigenvalue weighted by molar-refractivity contribution is 7.17. The fraction of sp³-hybridized carbons (Fsp3) is 0.400. The van der Waals surface area contributed by atoms with Crippen molar-refractivity contribution < 1.29 is 23.8 Å². The van der Waals surface area contributed by atoms with Crippen molar-refractivity contribution in [3.05, 3.63) is 39.8 Å². The van der Waals surface area contributed by atoms with Crippen LogP contribution in [0.5, 0.6) is 11.5 Å². The Bertz CT molecular complexity index is 893. The number of carbonyl (C=O) groups is 2. The maximum Gasteiger partial charge on any atom is 0.341 e. The molecule has 8 heteroatoms. The molecule has 0 fully saturated rings. The fourth-order valence-corrected chi connectivity index (χ4v) is 4.50. The van der Waals surface area contributed by atoms with Crippen LogP contribution >= 0.6 is 11.3 Å². The summed E-state index contributed by atoms with van der Waals surface area (Å²) in [4.78, 5) is 28.7. The van der Waals surface area contributed by atoms with Gasteiger partial charge in [-0.3, -0.25) is 4.79 Å². The predicted molar refractivity (Wildman–Crippen MR) is 108 cm³/mol. The van der Waals surface area contributed by atoms with Gasteiger partial charge >= 0.3 is 5.97 Å². The first-order chi connectivity index (χ1) is 13.5. The molecule has 150 valence electrons. The number of carbonyl (C=O) groups excluding carboxylic acids is 2. The summed E-state index contributed by atoms with van der Waals surface area (Å²) in [5, 5.41) is 3.42. The van der Waals surface area contributed by atoms with Gasteiger partial charge in [0.05, 0.1) is 26.4 Å². The number of hydrogen-bond acceptors (Lipinski definition) is 7. The zero-order valence-electron chi connectivity index (χ0n) is 16.5. The zero-order chi connectivity index (χ0) is 20.3. The maximum atomic E-state index is 12.8. The third-order valence-electron chi connectivity index (χ3n) is 4.60. The molecule has 2 heterocycles. The number of amides is 1. The SMILES string of the molecule is CCOC(=O)c1c(NC(=O)c2ccc(OC)c(OC)c2)sc2c1CCN(C)C2. The second-order valence-electron chi connectivity index (χ2n) is 6.44. The number of nitrogens with zero attached hydrogens (tertiary/aromatic N) is 1. The zero-order valence-corrected chi connectivity index (χ0v) is 17.3. The number of benzene rings is 1. The third kappa shape index (κ3) is 3.98. The number of anilines is 1. The van der Waals surface area contributed by atoms with Crippen LogP contribution in [0.15, 0.2) is 18.2 Å². The van der Waals surface area contributed by atoms with Gasteiger partial charge in [-0.05, 0) is 44.2 Å². The van der Waals surface area contributed by atoms with Crippen LogP contribution in [-0.4, -0.2) is 51.2 Å². The lowest BCUT2D eigenvalue weighted by molar-refractivity contribution is 0.0526. The molecule has 1 aromatic carbocycles. The molecule has 0 saturated heterocycles. The lowest BCUT2D eigenvalue weighted by atomic mass is 10.0. The number of methoxy groups -OCH3 is 2. The highest BCUT2D eigenvalue weighted by atomic mass is 32.1. The topological polar surface area (TPSA) is 77.1 Å². The first kappa shape index (κ1) is 20.2. The number of rotatable bonds is 6. The Balaban J connectivity index is 1.93. The van der Waals surface area contributed by atoms with Crippen LogP contribution in [0, 0.1) is 0 Å². The van der Waals surface area contributed by atoms with Gasteiger partial charge in [0.1, 0.15) is 5.00 Å². The van der Waals surface area contributed by atoms with Gasteiger partial charge in [-0.25, -0.2) is 4.79 Å². The highest BCUT2D eigenvalue weighted by Crippen LogP contribution is 2.38. The molecule has 1 amide bonds. The van der Waals surface area contributed by atoms with E-state index in [-0.39, 0.29) is 12.5 Å². The number of esters is 1. The standard InChI is InChI=1S/C20H24N2O5S/c1-5-27-20(24)17-13-8-9-22(2)11-16(13)28-19(17)21-18(23)12-6-7-14(25-3)15(10-12)26-4/h6-7,10H,5,8-9,11H2,1-4H3,(H,21,23). The van der Waals surface area contributed by atoms with E-state index in [0.717, 1.165) is 30.0 Å². The van der Waals surface area contributed by atoms with Crippen molar-refractivity contribution in [2.75, 3.05) is 39.7 Å². The molecule has 0 unspecified atom stereocenters. The number of fused-ring (bicyclic) bond motifs is 1. The van der Waals surface area contributed by atoms with Crippen molar-refractivity contribution in [1.82, 2.24) is 4.90 Å². The van der Waals surface area contributed by atoms with E-state index in [1.54, 1.807) is 25.1 Å². The van der Waals surface area contributed by atoms with Gasteiger partial charge in [-0.2, -0.15) is 0 Å². The van der Waals surface area contributed by atoms with Crippen molar-refractivity contribution in [2.45, 2.75) is 19.9 Å². The van der Waals surface area contributed by atoms with Gasteiger partial charge in [0, 0.05) is 23.5 Å². The average Bonchev–Trinajstić information content (AvgIpc) is 3.04. The molecule has 1 aromatic heterocycles. The molecule has 0 spiro atoms. The summed E-state index contributed by atoms with van der Waals surface area (Å²) in [5.74, 6) is 0.291. The minimum atomic E-state index is -0.396. The first-order valence-corrected chi connectivity index (χ1v) is 9.83. The minimum absolute atomic E-state index is 0.284. The molecule has 1 N–H and O–H groups in total. The van der Waals surface area contributed by atoms with Crippen LogP contribution in [0.4, 0.5) is 5.00 Å². The Kier molecular flexibility index (Phi) is 6.21. The van der Waals surface area contributed by atoms with Gasteiger partial charge in [-0.15, -0.1) is 11.3 Å². The Morgan fingerprint density at radius 3 is 2.64 bits per heavy atom. The molecule has 0 saturated carbocycles. The van der Waals surface area contributed by atoms with E-state index < -0.39 is 5.97 Å². The van der Waals surface area contributed by atoms with E-state index in [1.807, 2.05) is 7.05 Å². The van der Waals surface area contributed by atoms with E-state index in [0.29, 0.717) is 27.6 Å². The number of ether oxygens (including phenoxy) is 3. The van der Waals surface area contributed by atoms with E-state index in [4.69, 9.17) is 14.2 Å². The molecule has 1 aliphatic rings. The van der Waals surface area contributed by atoms with E-state index in [9.17, 15) is 9.59 Å². The van der Waals surface area contributed by atoms with E-state index >= 15 is 0 Å². The van der Waals surface area contributed by atoms with Gasteiger partial charge in [0.15, 0.2) is 11.5 Å². The second-order valence-corrected chi connectivity index (χ2v) is 7.55. The summed E-state index contributed by atoms with van der Waals surface area (Å²) >= 11 is 1.43. The van der Waals surface area contributed by atoms with Crippen molar-refractivity contribution in [1.29, 1.82) is 0 Å².